The van der Waals surface area contributed by atoms with Crippen LogP contribution in [0.3, 0.4) is 0 Å². The number of methoxy groups -OCH3 is 1. The Hall–Kier alpha value is -2.36. The van der Waals surface area contributed by atoms with Crippen LogP contribution in [0, 0.1) is 5.82 Å². The fourth-order valence-corrected chi connectivity index (χ4v) is 2.68. The van der Waals surface area contributed by atoms with Gasteiger partial charge in [-0.15, -0.1) is 0 Å². The number of carbonyl (C=O) groups is 1. The number of hydrogen-bond donors (Lipinski definition) is 0. The SMILES string of the molecule is COc1cccc(CC(=O)N2CCc3cc(F)ccc32)c1. The van der Waals surface area contributed by atoms with Crippen molar-refractivity contribution >= 4 is 11.6 Å². The average Bonchev–Trinajstić information content (AvgIpc) is 2.90. The minimum atomic E-state index is -0.254. The number of rotatable bonds is 3. The highest BCUT2D eigenvalue weighted by atomic mass is 19.1. The van der Waals surface area contributed by atoms with Gasteiger partial charge >= 0.3 is 0 Å². The standard InChI is InChI=1S/C17H16FNO2/c1-21-15-4-2-3-12(9-15)10-17(20)19-8-7-13-11-14(18)5-6-16(13)19/h2-6,9,11H,7-8,10H2,1H3. The van der Waals surface area contributed by atoms with Gasteiger partial charge in [0.05, 0.1) is 13.5 Å². The van der Waals surface area contributed by atoms with E-state index in [0.29, 0.717) is 19.4 Å². The summed E-state index contributed by atoms with van der Waals surface area (Å²) in [6.07, 6.45) is 1.02. The summed E-state index contributed by atoms with van der Waals surface area (Å²) in [5, 5.41) is 0. The highest BCUT2D eigenvalue weighted by molar-refractivity contribution is 5.96. The molecule has 0 aromatic heterocycles. The van der Waals surface area contributed by atoms with Crippen LogP contribution >= 0.6 is 0 Å². The number of nitrogens with zero attached hydrogens (tertiary/aromatic N) is 1. The largest absolute Gasteiger partial charge is 0.497 e. The zero-order chi connectivity index (χ0) is 14.8. The van der Waals surface area contributed by atoms with E-state index in [1.165, 1.54) is 12.1 Å². The Labute approximate surface area is 123 Å². The van der Waals surface area contributed by atoms with Gasteiger partial charge in [0, 0.05) is 12.2 Å². The lowest BCUT2D eigenvalue weighted by Gasteiger charge is -2.17. The number of ether oxygens (including phenoxy) is 1. The van der Waals surface area contributed by atoms with E-state index in [1.807, 2.05) is 24.3 Å². The van der Waals surface area contributed by atoms with Crippen molar-refractivity contribution in [2.45, 2.75) is 12.8 Å². The lowest BCUT2D eigenvalue weighted by molar-refractivity contribution is -0.117. The lowest BCUT2D eigenvalue weighted by Crippen LogP contribution is -2.30. The third-order valence-electron chi connectivity index (χ3n) is 3.73. The predicted molar refractivity (Wildman–Crippen MR) is 79.2 cm³/mol. The van der Waals surface area contributed by atoms with Crippen LogP contribution in [0.25, 0.3) is 0 Å². The molecule has 2 aromatic carbocycles. The van der Waals surface area contributed by atoms with E-state index in [4.69, 9.17) is 4.74 Å². The summed E-state index contributed by atoms with van der Waals surface area (Å²) in [6.45, 7) is 0.613. The first kappa shape index (κ1) is 13.6. The smallest absolute Gasteiger partial charge is 0.231 e. The van der Waals surface area contributed by atoms with E-state index in [-0.39, 0.29) is 11.7 Å². The summed E-state index contributed by atoms with van der Waals surface area (Å²) in [6, 6.07) is 12.1. The summed E-state index contributed by atoms with van der Waals surface area (Å²) in [7, 11) is 1.60. The molecule has 0 aliphatic carbocycles. The van der Waals surface area contributed by atoms with Gasteiger partial charge in [0.15, 0.2) is 0 Å². The maximum Gasteiger partial charge on any atom is 0.231 e. The molecule has 0 saturated carbocycles. The molecule has 2 aromatic rings. The summed E-state index contributed by atoms with van der Waals surface area (Å²) in [5.74, 6) is 0.508. The number of hydrogen-bond acceptors (Lipinski definition) is 2. The van der Waals surface area contributed by atoms with E-state index >= 15 is 0 Å². The van der Waals surface area contributed by atoms with Gasteiger partial charge in [0.2, 0.25) is 5.91 Å². The molecule has 0 radical (unpaired) electrons. The van der Waals surface area contributed by atoms with E-state index in [0.717, 1.165) is 22.6 Å². The zero-order valence-corrected chi connectivity index (χ0v) is 11.8. The van der Waals surface area contributed by atoms with Crippen LogP contribution < -0.4 is 9.64 Å². The minimum absolute atomic E-state index is 0.0219. The highest BCUT2D eigenvalue weighted by Crippen LogP contribution is 2.29. The second-order valence-corrected chi connectivity index (χ2v) is 5.10. The third kappa shape index (κ3) is 2.75. The second kappa shape index (κ2) is 5.56. The lowest BCUT2D eigenvalue weighted by atomic mass is 10.1. The summed E-state index contributed by atoms with van der Waals surface area (Å²) >= 11 is 0. The van der Waals surface area contributed by atoms with Crippen LogP contribution in [-0.2, 0) is 17.6 Å². The quantitative estimate of drug-likeness (QED) is 0.867. The molecular formula is C17H16FNO2. The Bertz CT molecular complexity index is 684. The van der Waals surface area contributed by atoms with Gasteiger partial charge < -0.3 is 9.64 Å². The molecule has 1 heterocycles. The van der Waals surface area contributed by atoms with Crippen molar-refractivity contribution in [1.82, 2.24) is 0 Å². The van der Waals surface area contributed by atoms with Crippen LogP contribution in [0.1, 0.15) is 11.1 Å². The first-order valence-electron chi connectivity index (χ1n) is 6.89. The van der Waals surface area contributed by atoms with Crippen LogP contribution in [0.2, 0.25) is 0 Å². The number of carbonyl (C=O) groups excluding carboxylic acids is 1. The molecule has 1 aliphatic rings. The van der Waals surface area contributed by atoms with Crippen LogP contribution in [-0.4, -0.2) is 19.6 Å². The van der Waals surface area contributed by atoms with Crippen molar-refractivity contribution in [3.05, 3.63) is 59.4 Å². The van der Waals surface area contributed by atoms with Crippen molar-refractivity contribution in [3.63, 3.8) is 0 Å². The van der Waals surface area contributed by atoms with Gasteiger partial charge in [-0.2, -0.15) is 0 Å². The topological polar surface area (TPSA) is 29.5 Å². The van der Waals surface area contributed by atoms with Crippen LogP contribution in [0.5, 0.6) is 5.75 Å². The Kier molecular flexibility index (Phi) is 3.60. The van der Waals surface area contributed by atoms with Crippen LogP contribution in [0.15, 0.2) is 42.5 Å². The van der Waals surface area contributed by atoms with E-state index < -0.39 is 0 Å². The van der Waals surface area contributed by atoms with Gasteiger partial charge in [-0.3, -0.25) is 4.79 Å². The molecule has 0 spiro atoms. The highest BCUT2D eigenvalue weighted by Gasteiger charge is 2.24. The molecule has 0 fully saturated rings. The van der Waals surface area contributed by atoms with Crippen LogP contribution in [0.4, 0.5) is 10.1 Å². The number of halogens is 1. The Morgan fingerprint density at radius 3 is 2.95 bits per heavy atom. The molecule has 1 amide bonds. The third-order valence-corrected chi connectivity index (χ3v) is 3.73. The fraction of sp³-hybridized carbons (Fsp3) is 0.235. The summed E-state index contributed by atoms with van der Waals surface area (Å²) in [5.41, 5.74) is 2.63. The van der Waals surface area contributed by atoms with Gasteiger partial charge in [-0.25, -0.2) is 4.39 Å². The summed E-state index contributed by atoms with van der Waals surface area (Å²) < 4.78 is 18.4. The Morgan fingerprint density at radius 2 is 2.14 bits per heavy atom. The maximum absolute atomic E-state index is 13.2. The first-order chi connectivity index (χ1) is 10.2. The minimum Gasteiger partial charge on any atom is -0.497 e. The van der Waals surface area contributed by atoms with Crippen molar-refractivity contribution < 1.29 is 13.9 Å². The van der Waals surface area contributed by atoms with Gasteiger partial charge in [-0.05, 0) is 47.9 Å². The number of amides is 1. The Morgan fingerprint density at radius 1 is 1.29 bits per heavy atom. The number of anilines is 1. The summed E-state index contributed by atoms with van der Waals surface area (Å²) in [4.78, 5) is 14.2. The molecule has 0 unspecified atom stereocenters. The zero-order valence-electron chi connectivity index (χ0n) is 11.8. The Balaban J connectivity index is 1.78. The molecule has 0 saturated heterocycles. The predicted octanol–water partition coefficient (Wildman–Crippen LogP) is 2.97. The normalized spacial score (nSPS) is 13.1. The number of fused-ring (bicyclic) bond motifs is 1. The second-order valence-electron chi connectivity index (χ2n) is 5.10. The van der Waals surface area contributed by atoms with E-state index in [1.54, 1.807) is 18.1 Å². The molecule has 1 aliphatic heterocycles. The van der Waals surface area contributed by atoms with E-state index in [9.17, 15) is 9.18 Å². The van der Waals surface area contributed by atoms with E-state index in [2.05, 4.69) is 0 Å². The maximum atomic E-state index is 13.2. The molecule has 21 heavy (non-hydrogen) atoms. The van der Waals surface area contributed by atoms with Gasteiger partial charge in [-0.1, -0.05) is 12.1 Å². The van der Waals surface area contributed by atoms with Gasteiger partial charge in [0.25, 0.3) is 0 Å². The van der Waals surface area contributed by atoms with Crippen molar-refractivity contribution in [3.8, 4) is 5.75 Å². The monoisotopic (exact) mass is 285 g/mol. The molecular weight excluding hydrogens is 269 g/mol. The van der Waals surface area contributed by atoms with Gasteiger partial charge in [0.1, 0.15) is 11.6 Å². The molecule has 0 bridgehead atoms. The number of benzene rings is 2. The molecule has 4 heteroatoms. The molecule has 0 atom stereocenters. The fourth-order valence-electron chi connectivity index (χ4n) is 2.68. The first-order valence-corrected chi connectivity index (χ1v) is 6.89. The molecule has 108 valence electrons. The molecule has 3 rings (SSSR count). The van der Waals surface area contributed by atoms with Crippen molar-refractivity contribution in [2.24, 2.45) is 0 Å². The molecule has 0 N–H and O–H groups in total. The molecule has 3 nitrogen and oxygen atoms in total. The van der Waals surface area contributed by atoms with Crippen molar-refractivity contribution in [2.75, 3.05) is 18.6 Å². The average molecular weight is 285 g/mol. The van der Waals surface area contributed by atoms with Crippen molar-refractivity contribution in [1.29, 1.82) is 0 Å².